The van der Waals surface area contributed by atoms with Crippen LogP contribution in [-0.4, -0.2) is 45.1 Å². The Morgan fingerprint density at radius 2 is 1.57 bits per heavy atom. The van der Waals surface area contributed by atoms with Gasteiger partial charge in [0.25, 0.3) is 0 Å². The van der Waals surface area contributed by atoms with Gasteiger partial charge in [0, 0.05) is 11.0 Å². The van der Waals surface area contributed by atoms with E-state index in [-0.39, 0.29) is 23.5 Å². The Morgan fingerprint density at radius 3 is 2.20 bits per heavy atom. The first-order valence-electron chi connectivity index (χ1n) is 11.6. The largest absolute Gasteiger partial charge is 0.493 e. The van der Waals surface area contributed by atoms with E-state index in [1.54, 1.807) is 12.1 Å². The van der Waals surface area contributed by atoms with Crippen LogP contribution >= 0.6 is 0 Å². The molecule has 3 aromatic rings. The molecular formula is C28H34F2NO4+. The summed E-state index contributed by atoms with van der Waals surface area (Å²) < 4.78 is 40.4. The third-order valence-corrected chi connectivity index (χ3v) is 6.05. The van der Waals surface area contributed by atoms with Crippen LogP contribution in [-0.2, 0) is 12.0 Å². The fourth-order valence-electron chi connectivity index (χ4n) is 4.08. The molecule has 0 fully saturated rings. The standard InChI is InChI=1S/C28H33F2NO4/c1-28(2,21-8-6-5-7-9-21)22-11-13-24(14-12-22)34-19-23(32)18-31(3)17-20-10-15-25(35-27(29)30)26(16-20)33-4/h5-16,23,27,32H,17-19H2,1-4H3/p+1/t23-/m0/s1. The molecule has 3 aromatic carbocycles. The number of quaternary nitrogens is 1. The van der Waals surface area contributed by atoms with E-state index in [0.29, 0.717) is 18.8 Å². The van der Waals surface area contributed by atoms with Crippen molar-refractivity contribution in [2.75, 3.05) is 27.3 Å². The Kier molecular flexibility index (Phi) is 9.07. The number of hydrogen-bond acceptors (Lipinski definition) is 4. The maximum atomic E-state index is 12.5. The minimum atomic E-state index is -2.91. The Morgan fingerprint density at radius 1 is 0.914 bits per heavy atom. The second-order valence-electron chi connectivity index (χ2n) is 9.18. The van der Waals surface area contributed by atoms with Crippen molar-refractivity contribution in [1.82, 2.24) is 0 Å². The lowest BCUT2D eigenvalue weighted by Crippen LogP contribution is -3.09. The zero-order valence-electron chi connectivity index (χ0n) is 20.6. The van der Waals surface area contributed by atoms with Crippen molar-refractivity contribution in [2.24, 2.45) is 0 Å². The predicted octanol–water partition coefficient (Wildman–Crippen LogP) is 4.08. The highest BCUT2D eigenvalue weighted by Crippen LogP contribution is 2.32. The number of benzene rings is 3. The van der Waals surface area contributed by atoms with Crippen molar-refractivity contribution in [3.8, 4) is 17.2 Å². The number of likely N-dealkylation sites (N-methyl/N-ethyl adjacent to an activating group) is 1. The molecule has 0 amide bonds. The van der Waals surface area contributed by atoms with Crippen LogP contribution in [0, 0.1) is 0 Å². The van der Waals surface area contributed by atoms with E-state index in [0.717, 1.165) is 10.5 Å². The highest BCUT2D eigenvalue weighted by molar-refractivity contribution is 5.43. The average Bonchev–Trinajstić information content (AvgIpc) is 2.84. The van der Waals surface area contributed by atoms with E-state index < -0.39 is 12.7 Å². The molecule has 35 heavy (non-hydrogen) atoms. The summed E-state index contributed by atoms with van der Waals surface area (Å²) in [4.78, 5) is 1.03. The second kappa shape index (κ2) is 12.0. The number of halogens is 2. The molecular weight excluding hydrogens is 452 g/mol. The van der Waals surface area contributed by atoms with E-state index in [9.17, 15) is 13.9 Å². The fourth-order valence-corrected chi connectivity index (χ4v) is 4.08. The molecule has 0 aliphatic heterocycles. The Bertz CT molecular complexity index is 1060. The van der Waals surface area contributed by atoms with Crippen LogP contribution in [0.25, 0.3) is 0 Å². The molecule has 0 saturated carbocycles. The average molecular weight is 487 g/mol. The van der Waals surface area contributed by atoms with Crippen LogP contribution in [0.1, 0.15) is 30.5 Å². The number of ether oxygens (including phenoxy) is 3. The van der Waals surface area contributed by atoms with Crippen molar-refractivity contribution < 1.29 is 33.0 Å². The van der Waals surface area contributed by atoms with E-state index in [1.165, 1.54) is 24.3 Å². The molecule has 0 aromatic heterocycles. The maximum absolute atomic E-state index is 12.5. The Labute approximate surface area is 205 Å². The molecule has 2 N–H and O–H groups in total. The van der Waals surface area contributed by atoms with Crippen LogP contribution in [0.3, 0.4) is 0 Å². The Balaban J connectivity index is 1.50. The SMILES string of the molecule is COc1cc(C[NH+](C)C[C@H](O)COc2ccc(C(C)(C)c3ccccc3)cc2)ccc1OC(F)F. The quantitative estimate of drug-likeness (QED) is 0.405. The topological polar surface area (TPSA) is 52.4 Å². The van der Waals surface area contributed by atoms with Crippen LogP contribution < -0.4 is 19.1 Å². The molecule has 0 aliphatic rings. The lowest BCUT2D eigenvalue weighted by atomic mass is 9.78. The normalized spacial score (nSPS) is 13.4. The van der Waals surface area contributed by atoms with Crippen LogP contribution in [0.15, 0.2) is 72.8 Å². The molecule has 7 heteroatoms. The molecule has 0 spiro atoms. The van der Waals surface area contributed by atoms with Gasteiger partial charge in [-0.1, -0.05) is 56.3 Å². The molecule has 0 bridgehead atoms. The molecule has 2 atom stereocenters. The van der Waals surface area contributed by atoms with E-state index in [2.05, 4.69) is 42.8 Å². The van der Waals surface area contributed by atoms with Gasteiger partial charge < -0.3 is 24.2 Å². The van der Waals surface area contributed by atoms with Gasteiger partial charge >= 0.3 is 6.61 Å². The molecule has 0 heterocycles. The van der Waals surface area contributed by atoms with E-state index in [1.807, 2.05) is 37.4 Å². The first kappa shape index (κ1) is 26.4. The number of alkyl halides is 2. The number of nitrogens with one attached hydrogen (secondary N) is 1. The highest BCUT2D eigenvalue weighted by atomic mass is 19.3. The third kappa shape index (κ3) is 7.41. The van der Waals surface area contributed by atoms with Gasteiger partial charge in [-0.05, 0) is 41.5 Å². The number of aliphatic hydroxyl groups excluding tert-OH is 1. The zero-order chi connectivity index (χ0) is 25.4. The summed E-state index contributed by atoms with van der Waals surface area (Å²) in [5.74, 6) is 0.947. The number of rotatable bonds is 12. The molecule has 188 valence electrons. The van der Waals surface area contributed by atoms with Crippen LogP contribution in [0.5, 0.6) is 17.2 Å². The van der Waals surface area contributed by atoms with Gasteiger partial charge in [0.05, 0.1) is 14.2 Å². The zero-order valence-corrected chi connectivity index (χ0v) is 20.6. The summed E-state index contributed by atoms with van der Waals surface area (Å²) in [6, 6.07) is 23.2. The summed E-state index contributed by atoms with van der Waals surface area (Å²) >= 11 is 0. The van der Waals surface area contributed by atoms with Gasteiger partial charge in [-0.3, -0.25) is 0 Å². The van der Waals surface area contributed by atoms with Gasteiger partial charge in [-0.15, -0.1) is 0 Å². The summed E-state index contributed by atoms with van der Waals surface area (Å²) in [6.07, 6.45) is -0.668. The minimum absolute atomic E-state index is 0.00416. The molecule has 5 nitrogen and oxygen atoms in total. The smallest absolute Gasteiger partial charge is 0.387 e. The summed E-state index contributed by atoms with van der Waals surface area (Å²) in [7, 11) is 3.35. The highest BCUT2D eigenvalue weighted by Gasteiger charge is 2.23. The summed E-state index contributed by atoms with van der Waals surface area (Å²) in [6.45, 7) is 2.67. The first-order valence-corrected chi connectivity index (χ1v) is 11.6. The van der Waals surface area contributed by atoms with Crippen LogP contribution in [0.4, 0.5) is 8.78 Å². The van der Waals surface area contributed by atoms with E-state index in [4.69, 9.17) is 9.47 Å². The van der Waals surface area contributed by atoms with Crippen molar-refractivity contribution in [3.63, 3.8) is 0 Å². The minimum Gasteiger partial charge on any atom is -0.493 e. The van der Waals surface area contributed by atoms with Crippen molar-refractivity contribution >= 4 is 0 Å². The lowest BCUT2D eigenvalue weighted by Gasteiger charge is -2.26. The van der Waals surface area contributed by atoms with Crippen molar-refractivity contribution in [3.05, 3.63) is 89.5 Å². The van der Waals surface area contributed by atoms with Gasteiger partial charge in [0.2, 0.25) is 0 Å². The van der Waals surface area contributed by atoms with Gasteiger partial charge in [-0.25, -0.2) is 0 Å². The summed E-state index contributed by atoms with van der Waals surface area (Å²) in [5.41, 5.74) is 3.17. The first-order chi connectivity index (χ1) is 16.7. The third-order valence-electron chi connectivity index (χ3n) is 6.05. The van der Waals surface area contributed by atoms with Gasteiger partial charge in [-0.2, -0.15) is 8.78 Å². The molecule has 0 aliphatic carbocycles. The lowest BCUT2D eigenvalue weighted by molar-refractivity contribution is -0.897. The number of methoxy groups -OCH3 is 1. The second-order valence-corrected chi connectivity index (χ2v) is 9.18. The van der Waals surface area contributed by atoms with Gasteiger partial charge in [0.15, 0.2) is 11.5 Å². The Hall–Kier alpha value is -3.16. The van der Waals surface area contributed by atoms with Crippen molar-refractivity contribution in [2.45, 2.75) is 38.5 Å². The van der Waals surface area contributed by atoms with E-state index >= 15 is 0 Å². The number of aliphatic hydroxyl groups is 1. The molecule has 1 unspecified atom stereocenters. The molecule has 3 rings (SSSR count). The molecule has 0 saturated heterocycles. The van der Waals surface area contributed by atoms with Gasteiger partial charge in [0.1, 0.15) is 31.5 Å². The van der Waals surface area contributed by atoms with Crippen LogP contribution in [0.2, 0.25) is 0 Å². The molecule has 0 radical (unpaired) electrons. The maximum Gasteiger partial charge on any atom is 0.387 e. The fraction of sp³-hybridized carbons (Fsp3) is 0.357. The summed E-state index contributed by atoms with van der Waals surface area (Å²) in [5, 5.41) is 10.5. The monoisotopic (exact) mass is 486 g/mol. The van der Waals surface area contributed by atoms with Crippen molar-refractivity contribution in [1.29, 1.82) is 0 Å². The number of hydrogen-bond donors (Lipinski definition) is 2. The predicted molar refractivity (Wildman–Crippen MR) is 132 cm³/mol.